The zero-order valence-corrected chi connectivity index (χ0v) is 12.2. The van der Waals surface area contributed by atoms with Crippen molar-refractivity contribution in [1.29, 1.82) is 0 Å². The van der Waals surface area contributed by atoms with Gasteiger partial charge >= 0.3 is 0 Å². The lowest BCUT2D eigenvalue weighted by molar-refractivity contribution is 0.414. The molecule has 2 aromatic carbocycles. The van der Waals surface area contributed by atoms with E-state index in [4.69, 9.17) is 4.74 Å². The van der Waals surface area contributed by atoms with Crippen LogP contribution in [0.5, 0.6) is 5.75 Å². The first-order valence-corrected chi connectivity index (χ1v) is 7.02. The lowest BCUT2D eigenvalue weighted by atomic mass is 10.1. The Bertz CT molecular complexity index is 750. The van der Waals surface area contributed by atoms with Crippen molar-refractivity contribution < 1.29 is 4.74 Å². The highest BCUT2D eigenvalue weighted by molar-refractivity contribution is 5.91. The van der Waals surface area contributed by atoms with Crippen molar-refractivity contribution in [2.75, 3.05) is 12.4 Å². The van der Waals surface area contributed by atoms with Crippen LogP contribution in [0.15, 0.2) is 60.8 Å². The van der Waals surface area contributed by atoms with Crippen LogP contribution < -0.4 is 10.1 Å². The van der Waals surface area contributed by atoms with Crippen molar-refractivity contribution in [1.82, 2.24) is 4.98 Å². The highest BCUT2D eigenvalue weighted by atomic mass is 16.5. The Morgan fingerprint density at radius 1 is 1.05 bits per heavy atom. The zero-order chi connectivity index (χ0) is 14.7. The molecule has 0 amide bonds. The van der Waals surface area contributed by atoms with E-state index in [1.54, 1.807) is 7.11 Å². The summed E-state index contributed by atoms with van der Waals surface area (Å²) in [6.07, 6.45) is 1.82. The number of fused-ring (bicyclic) bond motifs is 1. The number of ether oxygens (including phenoxy) is 1. The van der Waals surface area contributed by atoms with Gasteiger partial charge in [0.1, 0.15) is 5.75 Å². The van der Waals surface area contributed by atoms with Crippen LogP contribution in [-0.2, 0) is 0 Å². The summed E-state index contributed by atoms with van der Waals surface area (Å²) in [6.45, 7) is 2.14. The molecule has 0 spiro atoms. The van der Waals surface area contributed by atoms with Crippen molar-refractivity contribution in [2.45, 2.75) is 13.0 Å². The number of nitrogens with one attached hydrogen (secondary N) is 1. The molecule has 1 unspecified atom stereocenters. The smallest absolute Gasteiger partial charge is 0.119 e. The normalized spacial score (nSPS) is 12.1. The van der Waals surface area contributed by atoms with Gasteiger partial charge in [-0.3, -0.25) is 4.98 Å². The summed E-state index contributed by atoms with van der Waals surface area (Å²) in [4.78, 5) is 4.39. The van der Waals surface area contributed by atoms with E-state index in [1.165, 1.54) is 5.56 Å². The van der Waals surface area contributed by atoms with Gasteiger partial charge < -0.3 is 10.1 Å². The lowest BCUT2D eigenvalue weighted by Crippen LogP contribution is -2.07. The molecule has 0 aliphatic rings. The highest BCUT2D eigenvalue weighted by Gasteiger charge is 2.08. The van der Waals surface area contributed by atoms with Gasteiger partial charge in [0, 0.05) is 23.3 Å². The van der Waals surface area contributed by atoms with Gasteiger partial charge in [-0.25, -0.2) is 0 Å². The first-order valence-electron chi connectivity index (χ1n) is 7.02. The molecule has 0 radical (unpaired) electrons. The zero-order valence-electron chi connectivity index (χ0n) is 12.2. The second-order valence-electron chi connectivity index (χ2n) is 5.02. The quantitative estimate of drug-likeness (QED) is 0.767. The summed E-state index contributed by atoms with van der Waals surface area (Å²) in [5.41, 5.74) is 3.28. The van der Waals surface area contributed by atoms with Crippen molar-refractivity contribution in [3.05, 3.63) is 66.4 Å². The molecule has 1 aromatic heterocycles. The van der Waals surface area contributed by atoms with Crippen molar-refractivity contribution >= 4 is 16.6 Å². The van der Waals surface area contributed by atoms with Crippen LogP contribution in [0.2, 0.25) is 0 Å². The van der Waals surface area contributed by atoms with Gasteiger partial charge in [-0.05, 0) is 48.9 Å². The number of benzene rings is 2. The Balaban J connectivity index is 1.90. The predicted molar refractivity (Wildman–Crippen MR) is 86.8 cm³/mol. The minimum absolute atomic E-state index is 0.186. The fourth-order valence-corrected chi connectivity index (χ4v) is 2.46. The first kappa shape index (κ1) is 13.4. The maximum absolute atomic E-state index is 5.29. The third-order valence-electron chi connectivity index (χ3n) is 3.61. The molecule has 1 heterocycles. The Morgan fingerprint density at radius 2 is 1.90 bits per heavy atom. The molecule has 3 rings (SSSR count). The molecule has 0 fully saturated rings. The summed E-state index contributed by atoms with van der Waals surface area (Å²) >= 11 is 0. The third kappa shape index (κ3) is 2.82. The van der Waals surface area contributed by atoms with Gasteiger partial charge in [0.25, 0.3) is 0 Å². The fourth-order valence-electron chi connectivity index (χ4n) is 2.46. The van der Waals surface area contributed by atoms with Gasteiger partial charge in [0.2, 0.25) is 0 Å². The SMILES string of the molecule is COc1cccc(C(C)Nc2cccc3ncccc23)c1. The Kier molecular flexibility index (Phi) is 3.73. The third-order valence-corrected chi connectivity index (χ3v) is 3.61. The standard InChI is InChI=1S/C18H18N2O/c1-13(14-6-3-7-15(12-14)21-2)20-18-10-4-9-17-16(18)8-5-11-19-17/h3-13,20H,1-2H3. The molecule has 3 nitrogen and oxygen atoms in total. The molecule has 21 heavy (non-hydrogen) atoms. The van der Waals surface area contributed by atoms with Crippen LogP contribution in [0.3, 0.4) is 0 Å². The van der Waals surface area contributed by atoms with E-state index in [1.807, 2.05) is 36.5 Å². The minimum atomic E-state index is 0.186. The topological polar surface area (TPSA) is 34.1 Å². The van der Waals surface area contributed by atoms with E-state index in [2.05, 4.69) is 41.5 Å². The van der Waals surface area contributed by atoms with Gasteiger partial charge in [-0.15, -0.1) is 0 Å². The van der Waals surface area contributed by atoms with E-state index >= 15 is 0 Å². The summed E-state index contributed by atoms with van der Waals surface area (Å²) in [7, 11) is 1.69. The lowest BCUT2D eigenvalue weighted by Gasteiger charge is -2.17. The molecule has 0 aliphatic carbocycles. The van der Waals surface area contributed by atoms with Crippen LogP contribution in [0.25, 0.3) is 10.9 Å². The van der Waals surface area contributed by atoms with Crippen molar-refractivity contribution in [3.63, 3.8) is 0 Å². The predicted octanol–water partition coefficient (Wildman–Crippen LogP) is 4.42. The Morgan fingerprint density at radius 3 is 2.76 bits per heavy atom. The Labute approximate surface area is 124 Å². The molecule has 0 bridgehead atoms. The summed E-state index contributed by atoms with van der Waals surface area (Å²) < 4.78 is 5.29. The van der Waals surface area contributed by atoms with E-state index in [0.717, 1.165) is 22.3 Å². The average Bonchev–Trinajstić information content (AvgIpc) is 2.55. The molecule has 3 aromatic rings. The second kappa shape index (κ2) is 5.83. The van der Waals surface area contributed by atoms with Crippen LogP contribution >= 0.6 is 0 Å². The van der Waals surface area contributed by atoms with Crippen LogP contribution in [0.4, 0.5) is 5.69 Å². The van der Waals surface area contributed by atoms with Gasteiger partial charge in [-0.2, -0.15) is 0 Å². The van der Waals surface area contributed by atoms with Gasteiger partial charge in [0.05, 0.1) is 12.6 Å². The number of hydrogen-bond donors (Lipinski definition) is 1. The largest absolute Gasteiger partial charge is 0.497 e. The van der Waals surface area contributed by atoms with Gasteiger partial charge in [0.15, 0.2) is 0 Å². The molecule has 1 N–H and O–H groups in total. The fraction of sp³-hybridized carbons (Fsp3) is 0.167. The van der Waals surface area contributed by atoms with E-state index in [-0.39, 0.29) is 6.04 Å². The first-order chi connectivity index (χ1) is 10.3. The summed E-state index contributed by atoms with van der Waals surface area (Å²) in [6, 6.07) is 18.5. The van der Waals surface area contributed by atoms with Crippen LogP contribution in [0.1, 0.15) is 18.5 Å². The van der Waals surface area contributed by atoms with Crippen molar-refractivity contribution in [3.8, 4) is 5.75 Å². The number of aromatic nitrogens is 1. The van der Waals surface area contributed by atoms with E-state index < -0.39 is 0 Å². The second-order valence-corrected chi connectivity index (χ2v) is 5.02. The molecule has 3 heteroatoms. The maximum atomic E-state index is 5.29. The summed E-state index contributed by atoms with van der Waals surface area (Å²) in [5, 5.41) is 4.69. The monoisotopic (exact) mass is 278 g/mol. The molecule has 1 atom stereocenters. The number of rotatable bonds is 4. The molecule has 0 saturated heterocycles. The molecule has 0 aliphatic heterocycles. The number of methoxy groups -OCH3 is 1. The van der Waals surface area contributed by atoms with E-state index in [0.29, 0.717) is 0 Å². The number of pyridine rings is 1. The number of hydrogen-bond acceptors (Lipinski definition) is 3. The van der Waals surface area contributed by atoms with Gasteiger partial charge in [-0.1, -0.05) is 18.2 Å². The highest BCUT2D eigenvalue weighted by Crippen LogP contribution is 2.27. The molecular formula is C18H18N2O. The number of nitrogens with zero attached hydrogens (tertiary/aromatic N) is 1. The molecule has 0 saturated carbocycles. The average molecular weight is 278 g/mol. The van der Waals surface area contributed by atoms with E-state index in [9.17, 15) is 0 Å². The van der Waals surface area contributed by atoms with Crippen LogP contribution in [-0.4, -0.2) is 12.1 Å². The maximum Gasteiger partial charge on any atom is 0.119 e. The summed E-state index contributed by atoms with van der Waals surface area (Å²) in [5.74, 6) is 0.876. The number of anilines is 1. The Hall–Kier alpha value is -2.55. The minimum Gasteiger partial charge on any atom is -0.497 e. The molecular weight excluding hydrogens is 260 g/mol. The van der Waals surface area contributed by atoms with Crippen molar-refractivity contribution in [2.24, 2.45) is 0 Å². The van der Waals surface area contributed by atoms with Crippen LogP contribution in [0, 0.1) is 0 Å². The molecule has 106 valence electrons.